The Kier molecular flexibility index (Phi) is 9.10. The monoisotopic (exact) mass is 533 g/mol. The third kappa shape index (κ3) is 6.34. The van der Waals surface area contributed by atoms with Gasteiger partial charge in [0.25, 0.3) is 20.2 Å². The van der Waals surface area contributed by atoms with Crippen LogP contribution < -0.4 is 5.73 Å². The van der Waals surface area contributed by atoms with Gasteiger partial charge in [0.1, 0.15) is 5.75 Å². The number of fused-ring (bicyclic) bond motifs is 2. The zero-order chi connectivity index (χ0) is 27.3. The van der Waals surface area contributed by atoms with E-state index in [0.717, 1.165) is 6.07 Å². The molecule has 4 aromatic carbocycles. The molecule has 36 heavy (non-hydrogen) atoms. The standard InChI is InChI=1S/C20H15N3O7S2.2C2H6/c21-18-5-6-19(15-4-3-13(9-17(15)18)31(25,26)27)23-22-12-2-1-11-7-14(32(28,29)30)10-20(24)16(11)8-12;2*1-2/h1-10,24H,21H2,(H,25,26,27)(H,28,29,30);2*1-2H3. The number of benzene rings is 4. The number of nitrogens with zero attached hydrogens (tertiary/aromatic N) is 2. The molecule has 0 saturated carbocycles. The Labute approximate surface area is 209 Å². The topological polar surface area (TPSA) is 180 Å². The molecule has 0 aliphatic carbocycles. The Balaban J connectivity index is 0.00000109. The first-order valence-electron chi connectivity index (χ1n) is 10.9. The summed E-state index contributed by atoms with van der Waals surface area (Å²) in [7, 11) is -8.88. The van der Waals surface area contributed by atoms with Crippen molar-refractivity contribution in [1.29, 1.82) is 0 Å². The van der Waals surface area contributed by atoms with E-state index < -0.39 is 25.1 Å². The maximum absolute atomic E-state index is 11.4. The van der Waals surface area contributed by atoms with Crippen molar-refractivity contribution >= 4 is 58.8 Å². The van der Waals surface area contributed by atoms with Crippen molar-refractivity contribution in [3.63, 3.8) is 0 Å². The van der Waals surface area contributed by atoms with E-state index in [1.807, 2.05) is 27.7 Å². The van der Waals surface area contributed by atoms with Gasteiger partial charge in [-0.2, -0.15) is 21.9 Å². The first-order chi connectivity index (χ1) is 16.9. The summed E-state index contributed by atoms with van der Waals surface area (Å²) in [4.78, 5) is -0.741. The predicted octanol–water partition coefficient (Wildman–Crippen LogP) is 6.24. The molecular weight excluding hydrogens is 506 g/mol. The minimum absolute atomic E-state index is 0.287. The van der Waals surface area contributed by atoms with Crippen molar-refractivity contribution in [1.82, 2.24) is 0 Å². The highest BCUT2D eigenvalue weighted by Gasteiger charge is 2.14. The molecule has 4 rings (SSSR count). The molecule has 0 aliphatic heterocycles. The molecule has 12 heteroatoms. The fourth-order valence-corrected chi connectivity index (χ4v) is 4.25. The van der Waals surface area contributed by atoms with Gasteiger partial charge in [0.2, 0.25) is 0 Å². The third-order valence-corrected chi connectivity index (χ3v) is 6.44. The van der Waals surface area contributed by atoms with E-state index in [-0.39, 0.29) is 16.3 Å². The van der Waals surface area contributed by atoms with Crippen LogP contribution in [0.5, 0.6) is 5.75 Å². The third-order valence-electron chi connectivity index (χ3n) is 4.76. The van der Waals surface area contributed by atoms with Gasteiger partial charge < -0.3 is 10.8 Å². The molecule has 0 bridgehead atoms. The molecule has 5 N–H and O–H groups in total. The molecule has 0 fully saturated rings. The second-order valence-electron chi connectivity index (χ2n) is 6.88. The Morgan fingerprint density at radius 2 is 1.31 bits per heavy atom. The maximum atomic E-state index is 11.4. The predicted molar refractivity (Wildman–Crippen MR) is 140 cm³/mol. The summed E-state index contributed by atoms with van der Waals surface area (Å²) in [5.74, 6) is -0.358. The second kappa shape index (κ2) is 11.4. The molecule has 10 nitrogen and oxygen atoms in total. The Morgan fingerprint density at radius 3 is 1.92 bits per heavy atom. The number of anilines is 1. The Hall–Kier alpha value is -3.58. The summed E-state index contributed by atoms with van der Waals surface area (Å²) >= 11 is 0. The van der Waals surface area contributed by atoms with E-state index in [0.29, 0.717) is 32.9 Å². The quantitative estimate of drug-likeness (QED) is 0.135. The number of nitrogen functional groups attached to an aromatic ring is 1. The Morgan fingerprint density at radius 1 is 0.667 bits per heavy atom. The number of hydrogen-bond donors (Lipinski definition) is 4. The Bertz CT molecular complexity index is 1650. The molecule has 4 aromatic rings. The van der Waals surface area contributed by atoms with Crippen LogP contribution in [-0.4, -0.2) is 31.0 Å². The molecule has 0 radical (unpaired) electrons. The summed E-state index contributed by atoms with van der Waals surface area (Å²) in [5, 5.41) is 20.0. The lowest BCUT2D eigenvalue weighted by Crippen LogP contribution is -1.98. The van der Waals surface area contributed by atoms with Crippen LogP contribution in [0.15, 0.2) is 80.7 Å². The summed E-state index contributed by atoms with van der Waals surface area (Å²) in [6.07, 6.45) is 0. The van der Waals surface area contributed by atoms with Gasteiger partial charge in [-0.15, -0.1) is 5.11 Å². The largest absolute Gasteiger partial charge is 0.507 e. The van der Waals surface area contributed by atoms with Crippen molar-refractivity contribution in [3.8, 4) is 5.75 Å². The number of hydrogen-bond acceptors (Lipinski definition) is 8. The van der Waals surface area contributed by atoms with Gasteiger partial charge >= 0.3 is 0 Å². The molecule has 0 aromatic heterocycles. The van der Waals surface area contributed by atoms with Gasteiger partial charge in [-0.3, -0.25) is 9.11 Å². The lowest BCUT2D eigenvalue weighted by molar-refractivity contribution is 0.471. The number of aromatic hydroxyl groups is 1. The van der Waals surface area contributed by atoms with Crippen LogP contribution >= 0.6 is 0 Å². The summed E-state index contributed by atoms with van der Waals surface area (Å²) in [6.45, 7) is 8.00. The summed E-state index contributed by atoms with van der Waals surface area (Å²) < 4.78 is 63.9. The van der Waals surface area contributed by atoms with E-state index in [4.69, 9.17) is 5.73 Å². The normalized spacial score (nSPS) is 11.6. The molecule has 0 amide bonds. The van der Waals surface area contributed by atoms with Crippen molar-refractivity contribution in [3.05, 3.63) is 60.7 Å². The number of phenolic OH excluding ortho intramolecular Hbond substituents is 1. The van der Waals surface area contributed by atoms with Crippen LogP contribution in [0, 0.1) is 0 Å². The molecule has 0 unspecified atom stereocenters. The first kappa shape index (κ1) is 28.7. The first-order valence-corrected chi connectivity index (χ1v) is 13.8. The second-order valence-corrected chi connectivity index (χ2v) is 9.72. The maximum Gasteiger partial charge on any atom is 0.294 e. The summed E-state index contributed by atoms with van der Waals surface area (Å²) in [5.41, 5.74) is 6.93. The van der Waals surface area contributed by atoms with E-state index in [1.54, 1.807) is 6.07 Å². The highest BCUT2D eigenvalue weighted by molar-refractivity contribution is 7.86. The van der Waals surface area contributed by atoms with Crippen molar-refractivity contribution in [2.45, 2.75) is 37.5 Å². The van der Waals surface area contributed by atoms with E-state index in [2.05, 4.69) is 10.2 Å². The van der Waals surface area contributed by atoms with Crippen LogP contribution in [0.25, 0.3) is 21.5 Å². The SMILES string of the molecule is CC.CC.Nc1ccc(N=Nc2ccc3cc(S(=O)(=O)O)cc(O)c3c2)c2ccc(S(=O)(=O)O)cc12. The average molecular weight is 534 g/mol. The van der Waals surface area contributed by atoms with Gasteiger partial charge in [0, 0.05) is 27.9 Å². The van der Waals surface area contributed by atoms with Gasteiger partial charge in [-0.25, -0.2) is 0 Å². The van der Waals surface area contributed by atoms with Crippen LogP contribution in [0.4, 0.5) is 17.1 Å². The fraction of sp³-hybridized carbons (Fsp3) is 0.167. The molecule has 0 aliphatic rings. The molecular formula is C24H27N3O7S2. The minimum atomic E-state index is -4.48. The van der Waals surface area contributed by atoms with Gasteiger partial charge in [-0.05, 0) is 47.9 Å². The summed E-state index contributed by atoms with van der Waals surface area (Å²) in [6, 6.07) is 13.7. The fourth-order valence-electron chi connectivity index (χ4n) is 3.20. The highest BCUT2D eigenvalue weighted by atomic mass is 32.2. The van der Waals surface area contributed by atoms with Gasteiger partial charge in [0.15, 0.2) is 0 Å². The van der Waals surface area contributed by atoms with Crippen LogP contribution in [0.1, 0.15) is 27.7 Å². The minimum Gasteiger partial charge on any atom is -0.507 e. The number of rotatable bonds is 4. The van der Waals surface area contributed by atoms with Crippen LogP contribution in [-0.2, 0) is 20.2 Å². The zero-order valence-electron chi connectivity index (χ0n) is 20.0. The van der Waals surface area contributed by atoms with E-state index >= 15 is 0 Å². The van der Waals surface area contributed by atoms with Gasteiger partial charge in [0.05, 0.1) is 21.2 Å². The average Bonchev–Trinajstić information content (AvgIpc) is 2.85. The molecule has 0 heterocycles. The highest BCUT2D eigenvalue weighted by Crippen LogP contribution is 2.35. The smallest absolute Gasteiger partial charge is 0.294 e. The number of azo groups is 1. The lowest BCUT2D eigenvalue weighted by Gasteiger charge is -2.07. The number of phenols is 1. The van der Waals surface area contributed by atoms with Crippen LogP contribution in [0.3, 0.4) is 0 Å². The van der Waals surface area contributed by atoms with Crippen molar-refractivity contribution < 1.29 is 31.0 Å². The lowest BCUT2D eigenvalue weighted by atomic mass is 10.1. The molecule has 0 saturated heterocycles. The van der Waals surface area contributed by atoms with Crippen molar-refractivity contribution in [2.24, 2.45) is 10.2 Å². The van der Waals surface area contributed by atoms with E-state index in [9.17, 15) is 31.0 Å². The number of nitrogens with two attached hydrogens (primary N) is 1. The zero-order valence-corrected chi connectivity index (χ0v) is 21.7. The van der Waals surface area contributed by atoms with Gasteiger partial charge in [-0.1, -0.05) is 39.8 Å². The molecule has 0 spiro atoms. The van der Waals surface area contributed by atoms with Crippen LogP contribution in [0.2, 0.25) is 0 Å². The van der Waals surface area contributed by atoms with Crippen molar-refractivity contribution in [2.75, 3.05) is 5.73 Å². The van der Waals surface area contributed by atoms with E-state index in [1.165, 1.54) is 48.5 Å². The molecule has 192 valence electrons. The molecule has 0 atom stereocenters.